The van der Waals surface area contributed by atoms with Crippen LogP contribution in [0.5, 0.6) is 0 Å². The van der Waals surface area contributed by atoms with Gasteiger partial charge in [0.1, 0.15) is 0 Å². The summed E-state index contributed by atoms with van der Waals surface area (Å²) in [6, 6.07) is 29.6. The average Bonchev–Trinajstić information content (AvgIpc) is 2.94. The third-order valence-corrected chi connectivity index (χ3v) is 9.52. The minimum absolute atomic E-state index is 0.0358. The van der Waals surface area contributed by atoms with Gasteiger partial charge in [-0.1, -0.05) is 122 Å². The predicted octanol–water partition coefficient (Wildman–Crippen LogP) is 11.2. The fourth-order valence-electron chi connectivity index (χ4n) is 7.32. The van der Waals surface area contributed by atoms with Crippen LogP contribution in [0.15, 0.2) is 107 Å². The van der Waals surface area contributed by atoms with Gasteiger partial charge in [-0.05, 0) is 108 Å². The van der Waals surface area contributed by atoms with Crippen LogP contribution in [0.2, 0.25) is 0 Å². The Morgan fingerprint density at radius 1 is 0.762 bits per heavy atom. The first-order valence-electron chi connectivity index (χ1n) is 14.6. The normalized spacial score (nSPS) is 16.9. The first-order chi connectivity index (χ1) is 20.0. The predicted molar refractivity (Wildman–Crippen MR) is 179 cm³/mol. The van der Waals surface area contributed by atoms with Gasteiger partial charge in [0.2, 0.25) is 0 Å². The third-order valence-electron chi connectivity index (χ3n) is 9.07. The Morgan fingerprint density at radius 3 is 2.33 bits per heavy atom. The Hall–Kier alpha value is -3.95. The minimum Gasteiger partial charge on any atom is -0.478 e. The molecule has 42 heavy (non-hydrogen) atoms. The van der Waals surface area contributed by atoms with Crippen LogP contribution in [-0.4, -0.2) is 11.1 Å². The highest BCUT2D eigenvalue weighted by molar-refractivity contribution is 9.10. The van der Waals surface area contributed by atoms with E-state index in [4.69, 9.17) is 0 Å². The van der Waals surface area contributed by atoms with Crippen molar-refractivity contribution < 1.29 is 9.90 Å². The summed E-state index contributed by atoms with van der Waals surface area (Å²) < 4.78 is 0.748. The average molecular weight is 614 g/mol. The van der Waals surface area contributed by atoms with Gasteiger partial charge < -0.3 is 5.11 Å². The van der Waals surface area contributed by atoms with E-state index in [0.29, 0.717) is 0 Å². The Balaban J connectivity index is 1.44. The van der Waals surface area contributed by atoms with Gasteiger partial charge in [-0.25, -0.2) is 4.79 Å². The smallest absolute Gasteiger partial charge is 0.335 e. The summed E-state index contributed by atoms with van der Waals surface area (Å²) in [5, 5.41) is 14.6. The standard InChI is InChI=1S/C39H33BrO2/c1-38(2)16-15-30-28(21-38)22-39(3,4)36-33-13-10-24(17-25(33)11-14-34(30)36)32-12-9-23-7-5-6-8-31(23)35(32)26-18-27(37(41)42)20-29(40)19-26/h5-20H,21-22H2,1-4H3,(H,41,42). The number of benzene rings is 5. The van der Waals surface area contributed by atoms with Gasteiger partial charge in [0.25, 0.3) is 0 Å². The molecule has 0 atom stereocenters. The van der Waals surface area contributed by atoms with Crippen molar-refractivity contribution in [3.05, 3.63) is 124 Å². The molecular formula is C39H33BrO2. The topological polar surface area (TPSA) is 37.3 Å². The summed E-state index contributed by atoms with van der Waals surface area (Å²) in [6.07, 6.45) is 6.92. The minimum atomic E-state index is -0.938. The van der Waals surface area contributed by atoms with Gasteiger partial charge in [0.15, 0.2) is 0 Å². The van der Waals surface area contributed by atoms with Crippen molar-refractivity contribution in [3.63, 3.8) is 0 Å². The molecule has 0 saturated heterocycles. The van der Waals surface area contributed by atoms with E-state index in [-0.39, 0.29) is 16.4 Å². The Morgan fingerprint density at radius 2 is 1.52 bits per heavy atom. The Bertz CT molecular complexity index is 2020. The summed E-state index contributed by atoms with van der Waals surface area (Å²) in [5.41, 5.74) is 10.4. The molecule has 208 valence electrons. The number of hydrogen-bond donors (Lipinski definition) is 1. The van der Waals surface area contributed by atoms with Crippen LogP contribution in [0.1, 0.15) is 62.0 Å². The molecule has 2 aliphatic carbocycles. The second-order valence-electron chi connectivity index (χ2n) is 13.2. The van der Waals surface area contributed by atoms with Gasteiger partial charge in [0, 0.05) is 4.47 Å². The zero-order valence-electron chi connectivity index (χ0n) is 24.4. The number of carboxylic acids is 1. The van der Waals surface area contributed by atoms with Gasteiger partial charge in [-0.2, -0.15) is 0 Å². The maximum atomic E-state index is 12.0. The molecule has 0 amide bonds. The molecule has 0 fully saturated rings. The lowest BCUT2D eigenvalue weighted by molar-refractivity contribution is 0.0697. The molecule has 1 N–H and O–H groups in total. The van der Waals surface area contributed by atoms with Crippen molar-refractivity contribution in [1.29, 1.82) is 0 Å². The van der Waals surface area contributed by atoms with E-state index in [0.717, 1.165) is 50.3 Å². The van der Waals surface area contributed by atoms with Crippen LogP contribution in [0.4, 0.5) is 0 Å². The van der Waals surface area contributed by atoms with Crippen molar-refractivity contribution in [2.24, 2.45) is 5.41 Å². The SMILES string of the molecule is CC1(C)C=CC2=C(C1)CC(C)(C)c1c2ccc2cc(-c3ccc4ccccc4c3-c3cc(Br)cc(C(=O)O)c3)ccc12. The van der Waals surface area contributed by atoms with E-state index in [2.05, 4.69) is 110 Å². The number of halogens is 1. The molecule has 7 rings (SSSR count). The molecule has 0 radical (unpaired) electrons. The lowest BCUT2D eigenvalue weighted by Gasteiger charge is -2.40. The number of carbonyl (C=O) groups is 1. The van der Waals surface area contributed by atoms with E-state index in [1.54, 1.807) is 17.7 Å². The van der Waals surface area contributed by atoms with Crippen LogP contribution < -0.4 is 0 Å². The molecule has 0 bridgehead atoms. The molecule has 0 saturated carbocycles. The second kappa shape index (κ2) is 9.54. The fraction of sp³-hybridized carbons (Fsp3) is 0.205. The van der Waals surface area contributed by atoms with E-state index in [9.17, 15) is 9.90 Å². The molecule has 5 aromatic rings. The van der Waals surface area contributed by atoms with Gasteiger partial charge >= 0.3 is 5.97 Å². The Labute approximate surface area is 255 Å². The zero-order chi connectivity index (χ0) is 29.4. The van der Waals surface area contributed by atoms with Crippen LogP contribution in [0.3, 0.4) is 0 Å². The summed E-state index contributed by atoms with van der Waals surface area (Å²) in [7, 11) is 0. The van der Waals surface area contributed by atoms with Crippen molar-refractivity contribution in [3.8, 4) is 22.3 Å². The number of aromatic carboxylic acids is 1. The molecule has 0 aromatic heterocycles. The van der Waals surface area contributed by atoms with Crippen LogP contribution in [-0.2, 0) is 5.41 Å². The molecule has 2 aliphatic rings. The van der Waals surface area contributed by atoms with Crippen molar-refractivity contribution in [2.45, 2.75) is 46.0 Å². The number of hydrogen-bond acceptors (Lipinski definition) is 1. The monoisotopic (exact) mass is 612 g/mol. The fourth-order valence-corrected chi connectivity index (χ4v) is 7.82. The number of allylic oxidation sites excluding steroid dienone is 4. The van der Waals surface area contributed by atoms with E-state index >= 15 is 0 Å². The number of fused-ring (bicyclic) bond motifs is 5. The molecule has 0 heterocycles. The quantitative estimate of drug-likeness (QED) is 0.220. The van der Waals surface area contributed by atoms with Crippen molar-refractivity contribution in [2.75, 3.05) is 0 Å². The lowest BCUT2D eigenvalue weighted by atomic mass is 9.64. The summed E-state index contributed by atoms with van der Waals surface area (Å²) in [6.45, 7) is 9.44. The largest absolute Gasteiger partial charge is 0.478 e. The summed E-state index contributed by atoms with van der Waals surface area (Å²) >= 11 is 3.56. The molecule has 5 aromatic carbocycles. The van der Waals surface area contributed by atoms with Gasteiger partial charge in [-0.3, -0.25) is 0 Å². The first-order valence-corrected chi connectivity index (χ1v) is 15.4. The highest BCUT2D eigenvalue weighted by atomic mass is 79.9. The zero-order valence-corrected chi connectivity index (χ0v) is 26.0. The summed E-state index contributed by atoms with van der Waals surface area (Å²) in [5.74, 6) is -0.938. The highest BCUT2D eigenvalue weighted by Gasteiger charge is 2.36. The van der Waals surface area contributed by atoms with E-state index in [1.165, 1.54) is 27.5 Å². The van der Waals surface area contributed by atoms with Gasteiger partial charge in [0.05, 0.1) is 5.56 Å². The maximum Gasteiger partial charge on any atom is 0.335 e. The van der Waals surface area contributed by atoms with Crippen molar-refractivity contribution >= 4 is 49.0 Å². The van der Waals surface area contributed by atoms with Crippen LogP contribution in [0, 0.1) is 5.41 Å². The van der Waals surface area contributed by atoms with Crippen LogP contribution in [0.25, 0.3) is 49.4 Å². The summed E-state index contributed by atoms with van der Waals surface area (Å²) in [4.78, 5) is 12.0. The third kappa shape index (κ3) is 4.42. The first kappa shape index (κ1) is 26.9. The lowest BCUT2D eigenvalue weighted by Crippen LogP contribution is -2.27. The maximum absolute atomic E-state index is 12.0. The van der Waals surface area contributed by atoms with Crippen molar-refractivity contribution in [1.82, 2.24) is 0 Å². The molecule has 0 aliphatic heterocycles. The number of rotatable bonds is 3. The second-order valence-corrected chi connectivity index (χ2v) is 14.2. The van der Waals surface area contributed by atoms with E-state index in [1.807, 2.05) is 18.2 Å². The van der Waals surface area contributed by atoms with Crippen LogP contribution >= 0.6 is 15.9 Å². The molecule has 3 heteroatoms. The van der Waals surface area contributed by atoms with Gasteiger partial charge in [-0.15, -0.1) is 0 Å². The van der Waals surface area contributed by atoms with E-state index < -0.39 is 5.97 Å². The Kier molecular flexibility index (Phi) is 6.11. The molecular weight excluding hydrogens is 580 g/mol. The molecule has 2 nitrogen and oxygen atoms in total. The molecule has 0 unspecified atom stereocenters. The highest BCUT2D eigenvalue weighted by Crippen LogP contribution is 2.51. The number of carboxylic acid groups (broad SMARTS) is 1. The molecule has 0 spiro atoms.